The van der Waals surface area contributed by atoms with Crippen molar-refractivity contribution < 1.29 is 27.2 Å². The highest BCUT2D eigenvalue weighted by Crippen LogP contribution is 2.26. The van der Waals surface area contributed by atoms with Crippen molar-refractivity contribution in [3.05, 3.63) is 17.9 Å². The summed E-state index contributed by atoms with van der Waals surface area (Å²) in [5, 5.41) is -0.275. The lowest BCUT2D eigenvalue weighted by Crippen LogP contribution is -2.52. The van der Waals surface area contributed by atoms with E-state index in [0.29, 0.717) is 18.8 Å². The molecule has 0 atom stereocenters. The van der Waals surface area contributed by atoms with Gasteiger partial charge in [0.25, 0.3) is 10.0 Å². The maximum atomic E-state index is 13.0. The molecule has 0 spiro atoms. The lowest BCUT2D eigenvalue weighted by atomic mass is 9.96. The quantitative estimate of drug-likeness (QED) is 0.537. The molecule has 0 bridgehead atoms. The highest BCUT2D eigenvalue weighted by molar-refractivity contribution is 7.89. The van der Waals surface area contributed by atoms with Crippen molar-refractivity contribution in [2.24, 2.45) is 11.8 Å². The molecule has 2 saturated heterocycles. The zero-order valence-corrected chi connectivity index (χ0v) is 20.1. The van der Waals surface area contributed by atoms with Crippen LogP contribution in [0.4, 0.5) is 0 Å². The van der Waals surface area contributed by atoms with Crippen molar-refractivity contribution in [2.45, 2.75) is 45.1 Å². The molecule has 10 heteroatoms. The Morgan fingerprint density at radius 2 is 1.75 bits per heavy atom. The predicted molar refractivity (Wildman–Crippen MR) is 119 cm³/mol. The van der Waals surface area contributed by atoms with Crippen LogP contribution in [0.5, 0.6) is 0 Å². The van der Waals surface area contributed by atoms with E-state index in [9.17, 15) is 18.0 Å². The van der Waals surface area contributed by atoms with E-state index in [1.54, 1.807) is 6.92 Å². The monoisotopic (exact) mass is 469 g/mol. The van der Waals surface area contributed by atoms with Gasteiger partial charge in [0.05, 0.1) is 6.61 Å². The third kappa shape index (κ3) is 5.90. The molecule has 0 aromatic carbocycles. The summed E-state index contributed by atoms with van der Waals surface area (Å²) in [5.41, 5.74) is 0. The molecule has 180 valence electrons. The molecule has 2 fully saturated rings. The fourth-order valence-electron chi connectivity index (χ4n) is 4.13. The second-order valence-electron chi connectivity index (χ2n) is 8.87. The lowest BCUT2D eigenvalue weighted by Gasteiger charge is -2.38. The van der Waals surface area contributed by atoms with Crippen LogP contribution in [0.3, 0.4) is 0 Å². The van der Waals surface area contributed by atoms with Crippen molar-refractivity contribution in [2.75, 3.05) is 52.4 Å². The van der Waals surface area contributed by atoms with Gasteiger partial charge in [0, 0.05) is 45.2 Å². The molecule has 2 aliphatic heterocycles. The topological polar surface area (TPSA) is 100 Å². The number of furan rings is 1. The van der Waals surface area contributed by atoms with E-state index in [1.807, 2.05) is 4.90 Å². The van der Waals surface area contributed by atoms with Crippen LogP contribution in [0.1, 0.15) is 50.6 Å². The van der Waals surface area contributed by atoms with Crippen LogP contribution in [0.25, 0.3) is 0 Å². The second-order valence-corrected chi connectivity index (χ2v) is 10.7. The molecule has 1 amide bonds. The summed E-state index contributed by atoms with van der Waals surface area (Å²) in [6, 6.07) is 2.58. The number of carbonyl (C=O) groups excluding carboxylic acids is 2. The zero-order valence-electron chi connectivity index (χ0n) is 19.3. The van der Waals surface area contributed by atoms with Crippen molar-refractivity contribution in [1.29, 1.82) is 0 Å². The van der Waals surface area contributed by atoms with Gasteiger partial charge in [-0.3, -0.25) is 9.69 Å². The maximum Gasteiger partial charge on any atom is 0.374 e. The molecule has 32 heavy (non-hydrogen) atoms. The number of piperidine rings is 1. The zero-order chi connectivity index (χ0) is 23.3. The van der Waals surface area contributed by atoms with Crippen LogP contribution in [-0.2, 0) is 19.6 Å². The molecule has 3 rings (SSSR count). The predicted octanol–water partition coefficient (Wildman–Crippen LogP) is 2.05. The average Bonchev–Trinajstić information content (AvgIpc) is 3.29. The summed E-state index contributed by atoms with van der Waals surface area (Å²) in [5.74, 6) is -0.178. The minimum Gasteiger partial charge on any atom is -0.460 e. The first kappa shape index (κ1) is 24.7. The normalized spacial score (nSPS) is 19.4. The minimum atomic E-state index is -3.86. The molecule has 0 N–H and O–H groups in total. The van der Waals surface area contributed by atoms with Crippen molar-refractivity contribution in [3.63, 3.8) is 0 Å². The Morgan fingerprint density at radius 3 is 2.34 bits per heavy atom. The van der Waals surface area contributed by atoms with Crippen LogP contribution in [-0.4, -0.2) is 86.8 Å². The summed E-state index contributed by atoms with van der Waals surface area (Å²) in [7, 11) is -3.86. The minimum absolute atomic E-state index is 0.133. The van der Waals surface area contributed by atoms with E-state index < -0.39 is 16.0 Å². The summed E-state index contributed by atoms with van der Waals surface area (Å²) in [6.45, 7) is 11.1. The van der Waals surface area contributed by atoms with E-state index in [1.165, 1.54) is 16.4 Å². The third-order valence-electron chi connectivity index (χ3n) is 6.16. The molecule has 9 nitrogen and oxygen atoms in total. The lowest BCUT2D eigenvalue weighted by molar-refractivity contribution is -0.138. The average molecular weight is 470 g/mol. The SMILES string of the molecule is CCOC(=O)c1ccc(S(=O)(=O)N2CCC(C(=O)N3CCN(CCC(C)C)CC3)CC2)o1. The van der Waals surface area contributed by atoms with E-state index in [0.717, 1.165) is 39.1 Å². The van der Waals surface area contributed by atoms with E-state index >= 15 is 0 Å². The van der Waals surface area contributed by atoms with Crippen LogP contribution in [0.2, 0.25) is 0 Å². The van der Waals surface area contributed by atoms with Gasteiger partial charge in [-0.25, -0.2) is 13.2 Å². The summed E-state index contributed by atoms with van der Waals surface area (Å²) in [4.78, 5) is 29.0. The van der Waals surface area contributed by atoms with Crippen molar-refractivity contribution >= 4 is 21.9 Å². The van der Waals surface area contributed by atoms with E-state index in [-0.39, 0.29) is 42.4 Å². The Labute approximate surface area is 190 Å². The van der Waals surface area contributed by atoms with Gasteiger partial charge in [-0.05, 0) is 50.8 Å². The summed E-state index contributed by atoms with van der Waals surface area (Å²) >= 11 is 0. The Bertz CT molecular complexity index is 881. The molecule has 0 saturated carbocycles. The number of hydrogen-bond donors (Lipinski definition) is 0. The fraction of sp³-hybridized carbons (Fsp3) is 0.727. The largest absolute Gasteiger partial charge is 0.460 e. The molecule has 1 aromatic heterocycles. The Hall–Kier alpha value is -1.91. The third-order valence-corrected chi connectivity index (χ3v) is 7.93. The smallest absolute Gasteiger partial charge is 0.374 e. The molecule has 0 unspecified atom stereocenters. The number of sulfonamides is 1. The van der Waals surface area contributed by atoms with Crippen LogP contribution >= 0.6 is 0 Å². The maximum absolute atomic E-state index is 13.0. The Balaban J connectivity index is 1.50. The van der Waals surface area contributed by atoms with Crippen molar-refractivity contribution in [3.8, 4) is 0 Å². The molecule has 3 heterocycles. The first-order valence-corrected chi connectivity index (χ1v) is 12.9. The standard InChI is InChI=1S/C22H35N3O6S/c1-4-30-22(27)19-5-6-20(31-19)32(28,29)25-11-8-18(9-12-25)21(26)24-15-13-23(14-16-24)10-7-17(2)3/h5-6,17-18H,4,7-16H2,1-3H3. The van der Waals surface area contributed by atoms with Gasteiger partial charge in [-0.2, -0.15) is 4.31 Å². The number of hydrogen-bond acceptors (Lipinski definition) is 7. The van der Waals surface area contributed by atoms with E-state index in [2.05, 4.69) is 18.7 Å². The molecule has 0 radical (unpaired) electrons. The molecular formula is C22H35N3O6S. The molecule has 2 aliphatic rings. The molecule has 0 aliphatic carbocycles. The van der Waals surface area contributed by atoms with Crippen molar-refractivity contribution in [1.82, 2.24) is 14.1 Å². The number of carbonyl (C=O) groups is 2. The number of esters is 1. The first-order chi connectivity index (χ1) is 15.2. The first-order valence-electron chi connectivity index (χ1n) is 11.5. The van der Waals surface area contributed by atoms with Gasteiger partial charge in [0.1, 0.15) is 0 Å². The Morgan fingerprint density at radius 1 is 1.09 bits per heavy atom. The number of rotatable bonds is 8. The molecular weight excluding hydrogens is 434 g/mol. The van der Waals surface area contributed by atoms with Crippen LogP contribution in [0, 0.1) is 11.8 Å². The van der Waals surface area contributed by atoms with Gasteiger partial charge < -0.3 is 14.1 Å². The number of piperazine rings is 1. The number of ether oxygens (including phenoxy) is 1. The van der Waals surface area contributed by atoms with Gasteiger partial charge in [0.2, 0.25) is 16.8 Å². The van der Waals surface area contributed by atoms with Gasteiger partial charge in [-0.15, -0.1) is 0 Å². The molecule has 1 aromatic rings. The van der Waals surface area contributed by atoms with Crippen LogP contribution in [0.15, 0.2) is 21.6 Å². The fourth-order valence-corrected chi connectivity index (χ4v) is 5.51. The van der Waals surface area contributed by atoms with Gasteiger partial charge in [0.15, 0.2) is 0 Å². The number of nitrogens with zero attached hydrogens (tertiary/aromatic N) is 3. The summed E-state index contributed by atoms with van der Waals surface area (Å²) in [6.07, 6.45) is 2.13. The Kier molecular flexibility index (Phi) is 8.35. The van der Waals surface area contributed by atoms with Gasteiger partial charge in [-0.1, -0.05) is 13.8 Å². The van der Waals surface area contributed by atoms with Gasteiger partial charge >= 0.3 is 5.97 Å². The number of amides is 1. The van der Waals surface area contributed by atoms with Crippen LogP contribution < -0.4 is 0 Å². The van der Waals surface area contributed by atoms with E-state index in [4.69, 9.17) is 9.15 Å². The second kappa shape index (κ2) is 10.8. The highest BCUT2D eigenvalue weighted by Gasteiger charge is 2.36. The highest BCUT2D eigenvalue weighted by atomic mass is 32.2. The summed E-state index contributed by atoms with van der Waals surface area (Å²) < 4.78 is 37.2.